The Morgan fingerprint density at radius 2 is 1.64 bits per heavy atom. The summed E-state index contributed by atoms with van der Waals surface area (Å²) in [5.41, 5.74) is 4.94. The molecular weight excluding hydrogens is 785 g/mol. The van der Waals surface area contributed by atoms with Crippen molar-refractivity contribution in [1.29, 1.82) is 0 Å². The van der Waals surface area contributed by atoms with Crippen LogP contribution < -0.4 is 19.7 Å². The molecule has 1 atom stereocenters. The smallest absolute Gasteiger partial charge is 0.293 e. The normalized spacial score (nSPS) is 14.0. The molecule has 0 bridgehead atoms. The maximum atomic E-state index is 13.8. The Labute approximate surface area is 349 Å². The Hall–Kier alpha value is -5.74. The quantitative estimate of drug-likeness (QED) is 0.0524. The van der Waals surface area contributed by atoms with E-state index in [0.29, 0.717) is 16.7 Å². The number of anilines is 3. The van der Waals surface area contributed by atoms with E-state index in [2.05, 4.69) is 52.9 Å². The first kappa shape index (κ1) is 41.4. The summed E-state index contributed by atoms with van der Waals surface area (Å²) in [5, 5.41) is 16.2. The number of rotatable bonds is 17. The van der Waals surface area contributed by atoms with Crippen molar-refractivity contribution >= 4 is 55.6 Å². The highest BCUT2D eigenvalue weighted by atomic mass is 32.2. The molecule has 1 aliphatic rings. The third-order valence-corrected chi connectivity index (χ3v) is 12.9. The third kappa shape index (κ3) is 10.3. The van der Waals surface area contributed by atoms with Crippen molar-refractivity contribution in [2.24, 2.45) is 0 Å². The van der Waals surface area contributed by atoms with E-state index in [0.717, 1.165) is 84.8 Å². The molecule has 1 aromatic heterocycles. The highest BCUT2D eigenvalue weighted by Crippen LogP contribution is 2.34. The predicted molar refractivity (Wildman–Crippen MR) is 237 cm³/mol. The van der Waals surface area contributed by atoms with Gasteiger partial charge in [0.15, 0.2) is 5.82 Å². The van der Waals surface area contributed by atoms with E-state index in [1.54, 1.807) is 18.9 Å². The molecule has 2 heterocycles. The Kier molecular flexibility index (Phi) is 13.3. The van der Waals surface area contributed by atoms with Gasteiger partial charge in [-0.25, -0.2) is 18.4 Å². The Morgan fingerprint density at radius 1 is 0.898 bits per heavy atom. The van der Waals surface area contributed by atoms with Crippen molar-refractivity contribution in [3.8, 4) is 16.9 Å². The molecule has 7 rings (SSSR count). The number of sulfonamides is 1. The summed E-state index contributed by atoms with van der Waals surface area (Å²) in [5.74, 6) is 1.62. The van der Waals surface area contributed by atoms with Crippen LogP contribution in [0.4, 0.5) is 22.9 Å². The zero-order chi connectivity index (χ0) is 41.4. The molecule has 1 aliphatic heterocycles. The van der Waals surface area contributed by atoms with Gasteiger partial charge in [-0.2, -0.15) is 0 Å². The second-order valence-electron chi connectivity index (χ2n) is 14.6. The number of methoxy groups -OCH3 is 1. The minimum Gasteiger partial charge on any atom is -0.496 e. The standard InChI is InChI=1S/C44H48N8O5S2/c1-49(2)22-21-33(30-58-35-13-8-5-9-14-35)47-40-20-18-36(28-42(40)52(53)54)59(55,56)48-44-38-19-17-34(27-41(38)45-31-46-44)51-25-23-50(24-26-51)29-39-37(15-10-16-43(39)57-3)32-11-6-4-7-12-32/h4-20,27-28,31,33,47H,21-26,29-30H2,1-3H3,(H,45,46,48)/t33-/m1/s1. The van der Waals surface area contributed by atoms with Gasteiger partial charge in [-0.05, 0) is 86.7 Å². The molecule has 0 spiro atoms. The molecule has 59 heavy (non-hydrogen) atoms. The van der Waals surface area contributed by atoms with Crippen LogP contribution in [0.2, 0.25) is 0 Å². The first-order valence-electron chi connectivity index (χ1n) is 19.4. The molecule has 1 fully saturated rings. The molecule has 5 aromatic carbocycles. The summed E-state index contributed by atoms with van der Waals surface area (Å²) in [6, 6.07) is 36.0. The van der Waals surface area contributed by atoms with Crippen LogP contribution in [0.15, 0.2) is 131 Å². The van der Waals surface area contributed by atoms with Gasteiger partial charge in [-0.1, -0.05) is 60.7 Å². The average molecular weight is 833 g/mol. The predicted octanol–water partition coefficient (Wildman–Crippen LogP) is 7.86. The number of fused-ring (bicyclic) bond motifs is 1. The van der Waals surface area contributed by atoms with Crippen molar-refractivity contribution in [2.45, 2.75) is 28.8 Å². The summed E-state index contributed by atoms with van der Waals surface area (Å²) in [7, 11) is 1.40. The molecule has 0 aliphatic carbocycles. The van der Waals surface area contributed by atoms with Gasteiger partial charge in [-0.15, -0.1) is 11.8 Å². The maximum absolute atomic E-state index is 13.8. The highest BCUT2D eigenvalue weighted by molar-refractivity contribution is 7.99. The second kappa shape index (κ2) is 18.9. The summed E-state index contributed by atoms with van der Waals surface area (Å²) in [6.45, 7) is 4.77. The monoisotopic (exact) mass is 832 g/mol. The topological polar surface area (TPSA) is 146 Å². The number of piperazine rings is 1. The lowest BCUT2D eigenvalue weighted by molar-refractivity contribution is -0.384. The molecular formula is C44H48N8O5S2. The number of nitrogens with zero attached hydrogens (tertiary/aromatic N) is 6. The van der Waals surface area contributed by atoms with Crippen LogP contribution in [0, 0.1) is 10.1 Å². The molecule has 0 radical (unpaired) electrons. The number of nitrogens with one attached hydrogen (secondary N) is 2. The van der Waals surface area contributed by atoms with E-state index < -0.39 is 14.9 Å². The minimum atomic E-state index is -4.27. The lowest BCUT2D eigenvalue weighted by Gasteiger charge is -2.36. The van der Waals surface area contributed by atoms with Crippen LogP contribution in [0.5, 0.6) is 5.75 Å². The molecule has 15 heteroatoms. The third-order valence-electron chi connectivity index (χ3n) is 10.4. The van der Waals surface area contributed by atoms with Gasteiger partial charge in [0.1, 0.15) is 17.8 Å². The lowest BCUT2D eigenvalue weighted by Crippen LogP contribution is -2.46. The van der Waals surface area contributed by atoms with E-state index in [4.69, 9.17) is 4.74 Å². The summed E-state index contributed by atoms with van der Waals surface area (Å²) >= 11 is 1.66. The van der Waals surface area contributed by atoms with Crippen molar-refractivity contribution in [2.75, 3.05) is 74.6 Å². The van der Waals surface area contributed by atoms with Crippen LogP contribution in [-0.2, 0) is 16.6 Å². The van der Waals surface area contributed by atoms with Crippen LogP contribution in [0.1, 0.15) is 12.0 Å². The average Bonchev–Trinajstić information content (AvgIpc) is 3.25. The lowest BCUT2D eigenvalue weighted by atomic mass is 9.98. The van der Waals surface area contributed by atoms with Crippen molar-refractivity contribution in [3.05, 3.63) is 137 Å². The first-order valence-corrected chi connectivity index (χ1v) is 21.9. The molecule has 0 saturated carbocycles. The van der Waals surface area contributed by atoms with Crippen molar-refractivity contribution < 1.29 is 18.1 Å². The maximum Gasteiger partial charge on any atom is 0.293 e. The molecule has 6 aromatic rings. The zero-order valence-corrected chi connectivity index (χ0v) is 35.0. The van der Waals surface area contributed by atoms with E-state index in [1.165, 1.54) is 18.5 Å². The number of aromatic nitrogens is 2. The van der Waals surface area contributed by atoms with Gasteiger partial charge in [0, 0.05) is 72.1 Å². The number of nitro groups is 1. The Morgan fingerprint density at radius 3 is 2.36 bits per heavy atom. The van der Waals surface area contributed by atoms with E-state index in [-0.39, 0.29) is 28.1 Å². The largest absolute Gasteiger partial charge is 0.496 e. The Balaban J connectivity index is 1.03. The summed E-state index contributed by atoms with van der Waals surface area (Å²) in [6.07, 6.45) is 2.04. The molecule has 13 nitrogen and oxygen atoms in total. The SMILES string of the molecule is COc1cccc(-c2ccccc2)c1CN1CCN(c2ccc3c(NS(=O)(=O)c4ccc(N[C@H](CCN(C)C)CSc5ccccc5)c([N+](=O)[O-])c4)ncnc3c2)CC1. The molecule has 0 amide bonds. The molecule has 2 N–H and O–H groups in total. The first-order chi connectivity index (χ1) is 28.6. The fraction of sp³-hybridized carbons (Fsp3) is 0.273. The van der Waals surface area contributed by atoms with E-state index >= 15 is 0 Å². The number of ether oxygens (including phenoxy) is 1. The zero-order valence-electron chi connectivity index (χ0n) is 33.3. The van der Waals surface area contributed by atoms with Gasteiger partial charge in [0.25, 0.3) is 15.7 Å². The minimum absolute atomic E-state index is 0.0870. The number of thioether (sulfide) groups is 1. The number of hydrogen-bond acceptors (Lipinski definition) is 12. The molecule has 306 valence electrons. The van der Waals surface area contributed by atoms with Crippen LogP contribution >= 0.6 is 11.8 Å². The van der Waals surface area contributed by atoms with Crippen LogP contribution in [0.3, 0.4) is 0 Å². The molecule has 1 saturated heterocycles. The van der Waals surface area contributed by atoms with Gasteiger partial charge in [0.2, 0.25) is 0 Å². The molecule has 0 unspecified atom stereocenters. The van der Waals surface area contributed by atoms with Gasteiger partial charge < -0.3 is 19.9 Å². The Bertz CT molecular complexity index is 2490. The van der Waals surface area contributed by atoms with Crippen LogP contribution in [-0.4, -0.2) is 98.8 Å². The number of nitro benzene ring substituents is 1. The highest BCUT2D eigenvalue weighted by Gasteiger charge is 2.25. The van der Waals surface area contributed by atoms with E-state index in [9.17, 15) is 18.5 Å². The van der Waals surface area contributed by atoms with Gasteiger partial charge in [0.05, 0.1) is 22.4 Å². The van der Waals surface area contributed by atoms with Gasteiger partial charge >= 0.3 is 0 Å². The van der Waals surface area contributed by atoms with Gasteiger partial charge in [-0.3, -0.25) is 19.7 Å². The van der Waals surface area contributed by atoms with Crippen LogP contribution in [0.25, 0.3) is 22.0 Å². The summed E-state index contributed by atoms with van der Waals surface area (Å²) in [4.78, 5) is 28.1. The fourth-order valence-electron chi connectivity index (χ4n) is 7.20. The van der Waals surface area contributed by atoms with Crippen molar-refractivity contribution in [1.82, 2.24) is 19.8 Å². The van der Waals surface area contributed by atoms with Crippen molar-refractivity contribution in [3.63, 3.8) is 0 Å². The van der Waals surface area contributed by atoms with E-state index in [1.807, 2.05) is 93.0 Å². The fourth-order valence-corrected chi connectivity index (χ4v) is 9.24. The summed E-state index contributed by atoms with van der Waals surface area (Å²) < 4.78 is 35.9. The second-order valence-corrected chi connectivity index (χ2v) is 17.4. The number of benzene rings is 5. The number of hydrogen-bond donors (Lipinski definition) is 2.